The zero-order valence-electron chi connectivity index (χ0n) is 6.44. The molecule has 0 saturated heterocycles. The minimum absolute atomic E-state index is 0.354. The Morgan fingerprint density at radius 3 is 2.62 bits per heavy atom. The van der Waals surface area contributed by atoms with Gasteiger partial charge in [-0.25, -0.2) is 9.18 Å². The monoisotopic (exact) mass is 186 g/mol. The number of aliphatic carboxylic acids is 1. The molecule has 0 aromatic heterocycles. The van der Waals surface area contributed by atoms with Crippen molar-refractivity contribution in [3.63, 3.8) is 0 Å². The molecule has 1 aromatic carbocycles. The molecule has 0 aliphatic rings. The average Bonchev–Trinajstić information content (AvgIpc) is 2.08. The van der Waals surface area contributed by atoms with Gasteiger partial charge in [-0.3, -0.25) is 0 Å². The third-order valence-corrected chi connectivity index (χ3v) is 1.52. The molecule has 0 aliphatic carbocycles. The quantitative estimate of drug-likeness (QED) is 0.633. The number of hydrogen-bond donors (Lipinski definition) is 3. The third kappa shape index (κ3) is 1.94. The second-order valence-corrected chi connectivity index (χ2v) is 2.44. The van der Waals surface area contributed by atoms with Gasteiger partial charge < -0.3 is 15.3 Å². The number of benzene rings is 1. The highest BCUT2D eigenvalue weighted by atomic mass is 19.1. The average molecular weight is 186 g/mol. The van der Waals surface area contributed by atoms with Crippen LogP contribution in [0.1, 0.15) is 11.7 Å². The number of carbonyl (C=O) groups is 1. The first kappa shape index (κ1) is 9.47. The van der Waals surface area contributed by atoms with Gasteiger partial charge in [-0.05, 0) is 18.2 Å². The first-order chi connectivity index (χ1) is 6.02. The SMILES string of the molecule is O=C(O)C(O)c1cc(F)ccc1O. The molecule has 1 unspecified atom stereocenters. The Morgan fingerprint density at radius 2 is 2.08 bits per heavy atom. The zero-order valence-corrected chi connectivity index (χ0v) is 6.44. The van der Waals surface area contributed by atoms with Crippen LogP contribution in [0.5, 0.6) is 5.75 Å². The summed E-state index contributed by atoms with van der Waals surface area (Å²) in [5.41, 5.74) is -0.354. The van der Waals surface area contributed by atoms with Gasteiger partial charge in [0.05, 0.1) is 0 Å². The van der Waals surface area contributed by atoms with Crippen molar-refractivity contribution >= 4 is 5.97 Å². The summed E-state index contributed by atoms with van der Waals surface area (Å²) in [5.74, 6) is -2.70. The fourth-order valence-electron chi connectivity index (χ4n) is 0.877. The molecular formula is C8H7FO4. The van der Waals surface area contributed by atoms with Gasteiger partial charge in [0.15, 0.2) is 6.10 Å². The number of halogens is 1. The largest absolute Gasteiger partial charge is 0.508 e. The fourth-order valence-corrected chi connectivity index (χ4v) is 0.877. The summed E-state index contributed by atoms with van der Waals surface area (Å²) in [6.45, 7) is 0. The van der Waals surface area contributed by atoms with Crippen molar-refractivity contribution in [1.29, 1.82) is 0 Å². The lowest BCUT2D eigenvalue weighted by Crippen LogP contribution is -2.10. The minimum Gasteiger partial charge on any atom is -0.508 e. The van der Waals surface area contributed by atoms with E-state index in [1.807, 2.05) is 0 Å². The van der Waals surface area contributed by atoms with Crippen LogP contribution in [-0.2, 0) is 4.79 Å². The number of rotatable bonds is 2. The van der Waals surface area contributed by atoms with Crippen molar-refractivity contribution in [3.8, 4) is 5.75 Å². The Morgan fingerprint density at radius 1 is 1.46 bits per heavy atom. The molecule has 13 heavy (non-hydrogen) atoms. The van der Waals surface area contributed by atoms with Crippen molar-refractivity contribution in [2.24, 2.45) is 0 Å². The summed E-state index contributed by atoms with van der Waals surface area (Å²) >= 11 is 0. The van der Waals surface area contributed by atoms with Crippen LogP contribution in [0.15, 0.2) is 18.2 Å². The van der Waals surface area contributed by atoms with E-state index in [2.05, 4.69) is 0 Å². The van der Waals surface area contributed by atoms with E-state index in [4.69, 9.17) is 15.3 Å². The predicted octanol–water partition coefficient (Wildman–Crippen LogP) is 0.649. The number of aliphatic hydroxyl groups is 1. The van der Waals surface area contributed by atoms with Gasteiger partial charge in [-0.2, -0.15) is 0 Å². The lowest BCUT2D eigenvalue weighted by molar-refractivity contribution is -0.147. The number of hydrogen-bond acceptors (Lipinski definition) is 3. The van der Waals surface area contributed by atoms with Crippen LogP contribution in [0, 0.1) is 5.82 Å². The molecule has 0 amide bonds. The van der Waals surface area contributed by atoms with Crippen molar-refractivity contribution in [2.45, 2.75) is 6.10 Å². The highest BCUT2D eigenvalue weighted by Gasteiger charge is 2.19. The molecule has 0 spiro atoms. The third-order valence-electron chi connectivity index (χ3n) is 1.52. The predicted molar refractivity (Wildman–Crippen MR) is 40.7 cm³/mol. The van der Waals surface area contributed by atoms with E-state index >= 15 is 0 Å². The number of phenolic OH excluding ortho intramolecular Hbond substituents is 1. The van der Waals surface area contributed by atoms with Crippen LogP contribution in [0.2, 0.25) is 0 Å². The van der Waals surface area contributed by atoms with E-state index in [1.54, 1.807) is 0 Å². The van der Waals surface area contributed by atoms with Gasteiger partial charge in [0, 0.05) is 5.56 Å². The van der Waals surface area contributed by atoms with Crippen LogP contribution < -0.4 is 0 Å². The number of carboxylic acids is 1. The summed E-state index contributed by atoms with van der Waals surface area (Å²) in [4.78, 5) is 10.3. The zero-order chi connectivity index (χ0) is 10.0. The number of aliphatic hydroxyl groups excluding tert-OH is 1. The van der Waals surface area contributed by atoms with E-state index < -0.39 is 23.6 Å². The van der Waals surface area contributed by atoms with Crippen molar-refractivity contribution in [1.82, 2.24) is 0 Å². The van der Waals surface area contributed by atoms with E-state index in [1.165, 1.54) is 0 Å². The van der Waals surface area contributed by atoms with E-state index in [9.17, 15) is 9.18 Å². The van der Waals surface area contributed by atoms with Crippen LogP contribution in [0.25, 0.3) is 0 Å². The van der Waals surface area contributed by atoms with Gasteiger partial charge >= 0.3 is 5.97 Å². The molecule has 3 N–H and O–H groups in total. The Bertz CT molecular complexity index is 337. The minimum atomic E-state index is -1.91. The maximum atomic E-state index is 12.6. The molecule has 0 fully saturated rings. The van der Waals surface area contributed by atoms with Crippen molar-refractivity contribution in [2.75, 3.05) is 0 Å². The molecule has 5 heteroatoms. The Kier molecular flexibility index (Phi) is 2.48. The lowest BCUT2D eigenvalue weighted by Gasteiger charge is -2.07. The maximum absolute atomic E-state index is 12.6. The molecule has 0 heterocycles. The van der Waals surface area contributed by atoms with E-state index in [-0.39, 0.29) is 5.56 Å². The highest BCUT2D eigenvalue weighted by Crippen LogP contribution is 2.24. The fraction of sp³-hybridized carbons (Fsp3) is 0.125. The first-order valence-corrected chi connectivity index (χ1v) is 3.41. The number of aromatic hydroxyl groups is 1. The van der Waals surface area contributed by atoms with Crippen LogP contribution >= 0.6 is 0 Å². The molecule has 0 saturated carbocycles. The molecule has 1 rings (SSSR count). The summed E-state index contributed by atoms with van der Waals surface area (Å²) in [5, 5.41) is 26.4. The molecule has 1 aromatic rings. The van der Waals surface area contributed by atoms with Gasteiger partial charge in [0.2, 0.25) is 0 Å². The second-order valence-electron chi connectivity index (χ2n) is 2.44. The number of carboxylic acid groups (broad SMARTS) is 1. The van der Waals surface area contributed by atoms with E-state index in [0.717, 1.165) is 18.2 Å². The highest BCUT2D eigenvalue weighted by molar-refractivity contribution is 5.75. The molecule has 1 atom stereocenters. The smallest absolute Gasteiger partial charge is 0.337 e. The summed E-state index contributed by atoms with van der Waals surface area (Å²) < 4.78 is 12.6. The van der Waals surface area contributed by atoms with Crippen molar-refractivity contribution < 1.29 is 24.5 Å². The summed E-state index contributed by atoms with van der Waals surface area (Å²) in [6, 6.07) is 2.72. The molecule has 70 valence electrons. The Labute approximate surface area is 72.9 Å². The van der Waals surface area contributed by atoms with Gasteiger partial charge in [0.1, 0.15) is 11.6 Å². The molecule has 4 nitrogen and oxygen atoms in total. The summed E-state index contributed by atoms with van der Waals surface area (Å²) in [6.07, 6.45) is -1.91. The summed E-state index contributed by atoms with van der Waals surface area (Å²) in [7, 11) is 0. The Hall–Kier alpha value is -1.62. The molecule has 0 bridgehead atoms. The second kappa shape index (κ2) is 3.40. The maximum Gasteiger partial charge on any atom is 0.337 e. The molecule has 0 aliphatic heterocycles. The lowest BCUT2D eigenvalue weighted by atomic mass is 10.1. The standard InChI is InChI=1S/C8H7FO4/c9-4-1-2-6(10)5(3-4)7(11)8(12)13/h1-3,7,10-11H,(H,12,13). The van der Waals surface area contributed by atoms with Crippen molar-refractivity contribution in [3.05, 3.63) is 29.6 Å². The first-order valence-electron chi connectivity index (χ1n) is 3.41. The van der Waals surface area contributed by atoms with Crippen LogP contribution in [0.3, 0.4) is 0 Å². The van der Waals surface area contributed by atoms with Gasteiger partial charge in [0.25, 0.3) is 0 Å². The Balaban J connectivity index is 3.12. The topological polar surface area (TPSA) is 77.8 Å². The van der Waals surface area contributed by atoms with Gasteiger partial charge in [-0.1, -0.05) is 0 Å². The van der Waals surface area contributed by atoms with E-state index in [0.29, 0.717) is 0 Å². The molecular weight excluding hydrogens is 179 g/mol. The van der Waals surface area contributed by atoms with Gasteiger partial charge in [-0.15, -0.1) is 0 Å². The molecule has 0 radical (unpaired) electrons. The number of phenols is 1. The van der Waals surface area contributed by atoms with Crippen LogP contribution in [-0.4, -0.2) is 21.3 Å². The van der Waals surface area contributed by atoms with Crippen LogP contribution in [0.4, 0.5) is 4.39 Å². The normalized spacial score (nSPS) is 12.5.